The molecule has 0 amide bonds. The Morgan fingerprint density at radius 2 is 1.35 bits per heavy atom. The molecule has 0 bridgehead atoms. The van der Waals surface area contributed by atoms with Crippen LogP contribution < -0.4 is 5.32 Å². The number of aromatic nitrogens is 2. The lowest BCUT2D eigenvalue weighted by molar-refractivity contribution is 0.622. The van der Waals surface area contributed by atoms with E-state index < -0.39 is 0 Å². The van der Waals surface area contributed by atoms with E-state index in [0.717, 1.165) is 44.8 Å². The quantitative estimate of drug-likeness (QED) is 0.218. The smallest absolute Gasteiger partial charge is 0.245 e. The van der Waals surface area contributed by atoms with Crippen LogP contribution in [0.1, 0.15) is 11.7 Å². The van der Waals surface area contributed by atoms with Crippen LogP contribution in [0.2, 0.25) is 0 Å². The number of nitrogens with one attached hydrogen (secondary N) is 1. The van der Waals surface area contributed by atoms with Crippen LogP contribution in [-0.2, 0) is 0 Å². The Morgan fingerprint density at radius 3 is 2.22 bits per heavy atom. The van der Waals surface area contributed by atoms with Gasteiger partial charge in [0.05, 0.1) is 16.7 Å². The number of hydrogen-bond donors (Lipinski definition) is 1. The number of hydrogen-bond acceptors (Lipinski definition) is 4. The Bertz CT molecular complexity index is 2680. The molecule has 1 atom stereocenters. The van der Waals surface area contributed by atoms with E-state index in [0.29, 0.717) is 5.88 Å². The molecule has 0 saturated carbocycles. The molecule has 1 N–H and O–H groups in total. The average Bonchev–Trinajstić information content (AvgIpc) is 3.64. The van der Waals surface area contributed by atoms with Crippen molar-refractivity contribution >= 4 is 71.7 Å². The molecule has 1 aliphatic heterocycles. The summed E-state index contributed by atoms with van der Waals surface area (Å²) >= 11 is 0. The SMILES string of the molecule is c1ccc(C2Nc3c(oc4cc(-c5cccc6ccccc56)ccc34)N=C2n2c3ccccc3c3cc4ccccc4cc32)nc1. The van der Waals surface area contributed by atoms with Gasteiger partial charge in [-0.15, -0.1) is 0 Å². The fraction of sp³-hybridized carbons (Fsp3) is 0.0244. The van der Waals surface area contributed by atoms with Crippen LogP contribution in [-0.4, -0.2) is 15.4 Å². The third-order valence-corrected chi connectivity index (χ3v) is 9.29. The third-order valence-electron chi connectivity index (χ3n) is 9.29. The molecule has 216 valence electrons. The highest BCUT2D eigenvalue weighted by Crippen LogP contribution is 2.45. The van der Waals surface area contributed by atoms with Crippen molar-refractivity contribution in [2.75, 3.05) is 5.32 Å². The second-order valence-electron chi connectivity index (χ2n) is 11.9. The molecule has 6 aromatic carbocycles. The summed E-state index contributed by atoms with van der Waals surface area (Å²) in [5, 5.41) is 12.0. The molecule has 0 radical (unpaired) electrons. The zero-order valence-electron chi connectivity index (χ0n) is 24.7. The molecule has 3 aromatic heterocycles. The first-order chi connectivity index (χ1) is 22.8. The Labute approximate surface area is 264 Å². The molecule has 0 aliphatic carbocycles. The van der Waals surface area contributed by atoms with Crippen LogP contribution in [0.15, 0.2) is 155 Å². The van der Waals surface area contributed by atoms with Crippen molar-refractivity contribution in [3.63, 3.8) is 0 Å². The first-order valence-electron chi connectivity index (χ1n) is 15.5. The maximum atomic E-state index is 6.59. The Kier molecular flexibility index (Phi) is 5.28. The summed E-state index contributed by atoms with van der Waals surface area (Å²) in [5.41, 5.74) is 7.03. The predicted octanol–water partition coefficient (Wildman–Crippen LogP) is 10.7. The van der Waals surface area contributed by atoms with E-state index in [1.165, 1.54) is 37.9 Å². The van der Waals surface area contributed by atoms with E-state index >= 15 is 0 Å². The molecular weight excluding hydrogens is 564 g/mol. The largest absolute Gasteiger partial charge is 0.436 e. The fourth-order valence-electron chi connectivity index (χ4n) is 7.16. The van der Waals surface area contributed by atoms with Crippen molar-refractivity contribution in [1.82, 2.24) is 9.55 Å². The zero-order chi connectivity index (χ0) is 30.2. The lowest BCUT2D eigenvalue weighted by atomic mass is 9.97. The Morgan fingerprint density at radius 1 is 0.587 bits per heavy atom. The van der Waals surface area contributed by atoms with Gasteiger partial charge in [-0.2, -0.15) is 4.99 Å². The molecule has 10 rings (SSSR count). The lowest BCUT2D eigenvalue weighted by Crippen LogP contribution is -2.30. The van der Waals surface area contributed by atoms with Gasteiger partial charge >= 0.3 is 0 Å². The maximum Gasteiger partial charge on any atom is 0.245 e. The van der Waals surface area contributed by atoms with Crippen molar-refractivity contribution in [3.05, 3.63) is 151 Å². The molecule has 5 heteroatoms. The van der Waals surface area contributed by atoms with Gasteiger partial charge in [0.15, 0.2) is 0 Å². The molecule has 0 fully saturated rings. The molecule has 9 aromatic rings. The highest BCUT2D eigenvalue weighted by molar-refractivity contribution is 6.19. The van der Waals surface area contributed by atoms with Crippen molar-refractivity contribution in [3.8, 4) is 11.1 Å². The highest BCUT2D eigenvalue weighted by Gasteiger charge is 2.32. The summed E-state index contributed by atoms with van der Waals surface area (Å²) in [5.74, 6) is 1.39. The van der Waals surface area contributed by atoms with Crippen LogP contribution in [0, 0.1) is 0 Å². The van der Waals surface area contributed by atoms with Gasteiger partial charge in [0, 0.05) is 22.4 Å². The monoisotopic (exact) mass is 590 g/mol. The normalized spacial score (nSPS) is 14.6. The van der Waals surface area contributed by atoms with Crippen LogP contribution in [0.4, 0.5) is 11.6 Å². The van der Waals surface area contributed by atoms with Crippen LogP contribution in [0.3, 0.4) is 0 Å². The van der Waals surface area contributed by atoms with Gasteiger partial charge in [0.2, 0.25) is 5.88 Å². The van der Waals surface area contributed by atoms with Crippen molar-refractivity contribution in [2.45, 2.75) is 6.04 Å². The van der Waals surface area contributed by atoms with Crippen molar-refractivity contribution < 1.29 is 4.42 Å². The molecule has 4 heterocycles. The first kappa shape index (κ1) is 25.2. The molecule has 0 saturated heterocycles. The van der Waals surface area contributed by atoms with Gasteiger partial charge in [-0.1, -0.05) is 97.1 Å². The van der Waals surface area contributed by atoms with E-state index in [1.54, 1.807) is 0 Å². The molecular formula is C41H26N4O. The number of nitrogens with zero attached hydrogens (tertiary/aromatic N) is 3. The summed E-state index contributed by atoms with van der Waals surface area (Å²) in [6.45, 7) is 0. The van der Waals surface area contributed by atoms with E-state index in [4.69, 9.17) is 14.4 Å². The zero-order valence-corrected chi connectivity index (χ0v) is 24.7. The van der Waals surface area contributed by atoms with Gasteiger partial charge in [-0.05, 0) is 75.1 Å². The number of aliphatic imine (C=N–C) groups is 1. The molecule has 5 nitrogen and oxygen atoms in total. The fourth-order valence-corrected chi connectivity index (χ4v) is 7.16. The van der Waals surface area contributed by atoms with Gasteiger partial charge < -0.3 is 9.73 Å². The second-order valence-corrected chi connectivity index (χ2v) is 11.9. The van der Waals surface area contributed by atoms with Gasteiger partial charge in [-0.3, -0.25) is 9.55 Å². The average molecular weight is 591 g/mol. The van der Waals surface area contributed by atoms with E-state index in [-0.39, 0.29) is 6.04 Å². The Balaban J connectivity index is 1.22. The molecule has 1 aliphatic rings. The van der Waals surface area contributed by atoms with Crippen LogP contribution >= 0.6 is 0 Å². The Hall–Kier alpha value is -6.20. The van der Waals surface area contributed by atoms with Crippen LogP contribution in [0.25, 0.3) is 65.4 Å². The number of anilines is 1. The second kappa shape index (κ2) is 9.65. The summed E-state index contributed by atoms with van der Waals surface area (Å²) in [6.07, 6.45) is 1.84. The van der Waals surface area contributed by atoms with Gasteiger partial charge in [0.1, 0.15) is 23.1 Å². The summed E-state index contributed by atoms with van der Waals surface area (Å²) in [6, 6.07) is 48.7. The van der Waals surface area contributed by atoms with Gasteiger partial charge in [-0.25, -0.2) is 0 Å². The number of furan rings is 1. The minimum absolute atomic E-state index is 0.308. The standard InChI is InChI=1S/C41H26N4O/c1-2-12-27-23-36-33(22-26(27)11-1)31-15-5-6-18-35(31)45(36)40-39(34-17-7-8-21-42-34)43-38-32-20-19-28(24-37(32)46-41(38)44-40)30-16-9-13-25-10-3-4-14-29(25)30/h1-24,39,43H. The molecule has 1 unspecified atom stereocenters. The summed E-state index contributed by atoms with van der Waals surface area (Å²) in [7, 11) is 0. The minimum atomic E-state index is -0.308. The lowest BCUT2D eigenvalue weighted by Gasteiger charge is -2.26. The third kappa shape index (κ3) is 3.69. The number of pyridine rings is 1. The van der Waals surface area contributed by atoms with Gasteiger partial charge in [0.25, 0.3) is 0 Å². The molecule has 0 spiro atoms. The number of benzene rings is 6. The van der Waals surface area contributed by atoms with Crippen LogP contribution in [0.5, 0.6) is 0 Å². The number of rotatable bonds is 2. The van der Waals surface area contributed by atoms with Crippen molar-refractivity contribution in [1.29, 1.82) is 0 Å². The van der Waals surface area contributed by atoms with E-state index in [1.807, 2.05) is 18.3 Å². The highest BCUT2D eigenvalue weighted by atomic mass is 16.3. The first-order valence-corrected chi connectivity index (χ1v) is 15.5. The van der Waals surface area contributed by atoms with E-state index in [2.05, 4.69) is 137 Å². The number of para-hydroxylation sites is 1. The molecule has 46 heavy (non-hydrogen) atoms. The maximum absolute atomic E-state index is 6.59. The topological polar surface area (TPSA) is 55.4 Å². The summed E-state index contributed by atoms with van der Waals surface area (Å²) in [4.78, 5) is 10.1. The van der Waals surface area contributed by atoms with E-state index in [9.17, 15) is 0 Å². The minimum Gasteiger partial charge on any atom is -0.436 e. The predicted molar refractivity (Wildman–Crippen MR) is 189 cm³/mol. The van der Waals surface area contributed by atoms with Crippen molar-refractivity contribution in [2.24, 2.45) is 4.99 Å². The summed E-state index contributed by atoms with van der Waals surface area (Å²) < 4.78 is 8.87. The number of fused-ring (bicyclic) bond motifs is 8.